The topological polar surface area (TPSA) is 63.2 Å². The zero-order valence-electron chi connectivity index (χ0n) is 10.2. The van der Waals surface area contributed by atoms with Crippen molar-refractivity contribution in [3.05, 3.63) is 30.3 Å². The van der Waals surface area contributed by atoms with Gasteiger partial charge in [0.15, 0.2) is 9.84 Å². The Morgan fingerprint density at radius 3 is 2.18 bits per heavy atom. The van der Waals surface area contributed by atoms with Gasteiger partial charge >= 0.3 is 0 Å². The van der Waals surface area contributed by atoms with Gasteiger partial charge < -0.3 is 5.32 Å². The van der Waals surface area contributed by atoms with Crippen molar-refractivity contribution in [1.82, 2.24) is 0 Å². The van der Waals surface area contributed by atoms with Crippen LogP contribution >= 0.6 is 0 Å². The van der Waals surface area contributed by atoms with Gasteiger partial charge in [0, 0.05) is 5.69 Å². The van der Waals surface area contributed by atoms with E-state index in [0.29, 0.717) is 5.69 Å². The maximum absolute atomic E-state index is 11.8. The molecule has 0 saturated heterocycles. The molecule has 0 heterocycles. The number of rotatable bonds is 3. The molecule has 0 fully saturated rings. The maximum atomic E-state index is 11.8. The number of carbonyl (C=O) groups excluding carboxylic acids is 1. The van der Waals surface area contributed by atoms with Crippen molar-refractivity contribution in [2.75, 3.05) is 11.1 Å². The monoisotopic (exact) mass is 255 g/mol. The van der Waals surface area contributed by atoms with Crippen molar-refractivity contribution in [3.8, 4) is 0 Å². The largest absolute Gasteiger partial charge is 0.325 e. The average molecular weight is 255 g/mol. The molecular formula is C12H17NO3S. The molecule has 0 unspecified atom stereocenters. The van der Waals surface area contributed by atoms with E-state index in [2.05, 4.69) is 5.32 Å². The third-order valence-electron chi connectivity index (χ3n) is 2.31. The molecule has 0 aromatic heterocycles. The Bertz CT molecular complexity index is 486. The number of anilines is 1. The van der Waals surface area contributed by atoms with E-state index in [-0.39, 0.29) is 0 Å². The summed E-state index contributed by atoms with van der Waals surface area (Å²) in [6.07, 6.45) is 0. The third-order valence-corrected chi connectivity index (χ3v) is 4.82. The second-order valence-corrected chi connectivity index (χ2v) is 7.53. The average Bonchev–Trinajstić information content (AvgIpc) is 2.16. The lowest BCUT2D eigenvalue weighted by Gasteiger charge is -2.18. The zero-order chi connectivity index (χ0) is 13.1. The fourth-order valence-corrected chi connectivity index (χ4v) is 1.96. The van der Waals surface area contributed by atoms with Crippen LogP contribution in [-0.2, 0) is 14.6 Å². The summed E-state index contributed by atoms with van der Waals surface area (Å²) in [6, 6.07) is 8.78. The summed E-state index contributed by atoms with van der Waals surface area (Å²) >= 11 is 0. The minimum atomic E-state index is -3.43. The first-order chi connectivity index (χ1) is 7.72. The van der Waals surface area contributed by atoms with Crippen molar-refractivity contribution in [2.45, 2.75) is 25.5 Å². The molecule has 1 rings (SSSR count). The van der Waals surface area contributed by atoms with E-state index in [9.17, 15) is 13.2 Å². The first kappa shape index (κ1) is 13.7. The molecule has 1 aromatic rings. The van der Waals surface area contributed by atoms with Gasteiger partial charge in [0.25, 0.3) is 0 Å². The highest BCUT2D eigenvalue weighted by atomic mass is 32.2. The van der Waals surface area contributed by atoms with Gasteiger partial charge in [-0.25, -0.2) is 8.42 Å². The number of hydrogen-bond acceptors (Lipinski definition) is 3. The lowest BCUT2D eigenvalue weighted by Crippen LogP contribution is -2.35. The molecule has 1 amide bonds. The number of sulfone groups is 1. The molecular weight excluding hydrogens is 238 g/mol. The molecule has 5 heteroatoms. The van der Waals surface area contributed by atoms with Crippen LogP contribution in [0.1, 0.15) is 20.8 Å². The van der Waals surface area contributed by atoms with Gasteiger partial charge in [0.1, 0.15) is 5.75 Å². The smallest absolute Gasteiger partial charge is 0.239 e. The van der Waals surface area contributed by atoms with Gasteiger partial charge in [-0.3, -0.25) is 4.79 Å². The van der Waals surface area contributed by atoms with Crippen LogP contribution < -0.4 is 5.32 Å². The summed E-state index contributed by atoms with van der Waals surface area (Å²) in [6.45, 7) is 4.74. The molecule has 0 aliphatic carbocycles. The highest BCUT2D eigenvalue weighted by Crippen LogP contribution is 2.16. The van der Waals surface area contributed by atoms with Crippen molar-refractivity contribution in [1.29, 1.82) is 0 Å². The van der Waals surface area contributed by atoms with Gasteiger partial charge in [-0.2, -0.15) is 0 Å². The van der Waals surface area contributed by atoms with E-state index in [4.69, 9.17) is 0 Å². The molecule has 0 radical (unpaired) electrons. The molecule has 17 heavy (non-hydrogen) atoms. The van der Waals surface area contributed by atoms with Crippen molar-refractivity contribution in [2.24, 2.45) is 0 Å². The molecule has 94 valence electrons. The lowest BCUT2D eigenvalue weighted by atomic mass is 10.3. The summed E-state index contributed by atoms with van der Waals surface area (Å²) in [5, 5.41) is 2.55. The molecule has 0 aliphatic rings. The lowest BCUT2D eigenvalue weighted by molar-refractivity contribution is -0.113. The first-order valence-corrected chi connectivity index (χ1v) is 6.95. The van der Waals surface area contributed by atoms with E-state index < -0.39 is 26.2 Å². The Balaban J connectivity index is 2.69. The summed E-state index contributed by atoms with van der Waals surface area (Å²) in [7, 11) is -3.43. The van der Waals surface area contributed by atoms with Crippen LogP contribution in [0.2, 0.25) is 0 Å². The van der Waals surface area contributed by atoms with Gasteiger partial charge in [0.2, 0.25) is 5.91 Å². The summed E-state index contributed by atoms with van der Waals surface area (Å²) in [4.78, 5) is 11.6. The Hall–Kier alpha value is -1.36. The van der Waals surface area contributed by atoms with Crippen LogP contribution in [0.3, 0.4) is 0 Å². The molecule has 0 bridgehead atoms. The summed E-state index contributed by atoms with van der Waals surface area (Å²) < 4.78 is 22.7. The molecule has 0 aliphatic heterocycles. The fraction of sp³-hybridized carbons (Fsp3) is 0.417. The quantitative estimate of drug-likeness (QED) is 0.896. The third kappa shape index (κ3) is 3.85. The second kappa shape index (κ2) is 4.87. The Morgan fingerprint density at radius 1 is 1.18 bits per heavy atom. The Morgan fingerprint density at radius 2 is 1.71 bits per heavy atom. The summed E-state index contributed by atoms with van der Waals surface area (Å²) in [5.41, 5.74) is 0.599. The second-order valence-electron chi connectivity index (χ2n) is 4.79. The number of hydrogen-bond donors (Lipinski definition) is 1. The molecule has 1 N–H and O–H groups in total. The van der Waals surface area contributed by atoms with Gasteiger partial charge in [-0.05, 0) is 32.9 Å². The first-order valence-electron chi connectivity index (χ1n) is 5.29. The van der Waals surface area contributed by atoms with E-state index in [1.165, 1.54) is 0 Å². The van der Waals surface area contributed by atoms with Crippen LogP contribution in [0, 0.1) is 0 Å². The fourth-order valence-electron chi connectivity index (χ4n) is 1.11. The van der Waals surface area contributed by atoms with E-state index in [1.54, 1.807) is 45.0 Å². The Kier molecular flexibility index (Phi) is 3.93. The number of para-hydroxylation sites is 1. The normalized spacial score (nSPS) is 12.2. The Labute approximate surface area is 102 Å². The highest BCUT2D eigenvalue weighted by Gasteiger charge is 2.31. The van der Waals surface area contributed by atoms with E-state index >= 15 is 0 Å². The standard InChI is InChI=1S/C12H17NO3S/c1-12(2,3)17(15,16)9-11(14)13-10-7-5-4-6-8-10/h4-8H,9H2,1-3H3,(H,13,14). The molecule has 0 spiro atoms. The molecule has 1 aromatic carbocycles. The number of carbonyl (C=O) groups is 1. The SMILES string of the molecule is CC(C)(C)S(=O)(=O)CC(=O)Nc1ccccc1. The van der Waals surface area contributed by atoms with Crippen molar-refractivity contribution in [3.63, 3.8) is 0 Å². The van der Waals surface area contributed by atoms with Crippen molar-refractivity contribution < 1.29 is 13.2 Å². The van der Waals surface area contributed by atoms with Crippen LogP contribution in [-0.4, -0.2) is 24.8 Å². The zero-order valence-corrected chi connectivity index (χ0v) is 11.0. The number of nitrogens with one attached hydrogen (secondary N) is 1. The van der Waals surface area contributed by atoms with Gasteiger partial charge in [0.05, 0.1) is 4.75 Å². The number of benzene rings is 1. The minimum Gasteiger partial charge on any atom is -0.325 e. The highest BCUT2D eigenvalue weighted by molar-refractivity contribution is 7.93. The number of amides is 1. The van der Waals surface area contributed by atoms with Crippen molar-refractivity contribution >= 4 is 21.4 Å². The predicted molar refractivity (Wildman–Crippen MR) is 68.6 cm³/mol. The maximum Gasteiger partial charge on any atom is 0.239 e. The van der Waals surface area contributed by atoms with Crippen LogP contribution in [0.5, 0.6) is 0 Å². The van der Waals surface area contributed by atoms with Crippen LogP contribution in [0.15, 0.2) is 30.3 Å². The van der Waals surface area contributed by atoms with Crippen LogP contribution in [0.4, 0.5) is 5.69 Å². The van der Waals surface area contributed by atoms with E-state index in [1.807, 2.05) is 6.07 Å². The predicted octanol–water partition coefficient (Wildman–Crippen LogP) is 1.84. The molecule has 4 nitrogen and oxygen atoms in total. The minimum absolute atomic E-state index is 0.495. The van der Waals surface area contributed by atoms with Crippen LogP contribution in [0.25, 0.3) is 0 Å². The van der Waals surface area contributed by atoms with E-state index in [0.717, 1.165) is 0 Å². The molecule has 0 atom stereocenters. The summed E-state index contributed by atoms with van der Waals surface area (Å²) in [5.74, 6) is -1.00. The van der Waals surface area contributed by atoms with Gasteiger partial charge in [-0.15, -0.1) is 0 Å². The molecule has 0 saturated carbocycles. The van der Waals surface area contributed by atoms with Gasteiger partial charge in [-0.1, -0.05) is 18.2 Å².